The van der Waals surface area contributed by atoms with Crippen LogP contribution in [-0.4, -0.2) is 16.6 Å². The molecule has 3 aromatic carbocycles. The van der Waals surface area contributed by atoms with Crippen LogP contribution in [0.1, 0.15) is 55.1 Å². The van der Waals surface area contributed by atoms with Crippen molar-refractivity contribution in [1.29, 1.82) is 0 Å². The van der Waals surface area contributed by atoms with Gasteiger partial charge in [-0.25, -0.2) is 13.2 Å². The Balaban J connectivity index is 1.69. The number of benzene rings is 3. The highest BCUT2D eigenvalue weighted by Gasteiger charge is 2.47. The van der Waals surface area contributed by atoms with Gasteiger partial charge in [-0.15, -0.1) is 0 Å². The molecule has 1 heterocycles. The topological polar surface area (TPSA) is 3.24 Å². The summed E-state index contributed by atoms with van der Waals surface area (Å²) in [6.45, 7) is 2.82. The zero-order valence-electron chi connectivity index (χ0n) is 21.0. The maximum absolute atomic E-state index is 15.5. The summed E-state index contributed by atoms with van der Waals surface area (Å²) in [5.41, 5.74) is 2.35. The number of allylic oxidation sites excluding steroid dienone is 4. The quantitative estimate of drug-likeness (QED) is 0.246. The fraction of sp³-hybridized carbons (Fsp3) is 0.290. The number of unbranched alkanes of at least 4 members (excludes halogenated alkanes) is 1. The van der Waals surface area contributed by atoms with E-state index in [9.17, 15) is 0 Å². The Morgan fingerprint density at radius 3 is 1.86 bits per heavy atom. The van der Waals surface area contributed by atoms with Gasteiger partial charge in [0.25, 0.3) is 0 Å². The van der Waals surface area contributed by atoms with E-state index < -0.39 is 33.4 Å². The fourth-order valence-electron chi connectivity index (χ4n) is 5.49. The van der Waals surface area contributed by atoms with Crippen molar-refractivity contribution < 1.29 is 13.2 Å². The van der Waals surface area contributed by atoms with Crippen LogP contribution >= 0.6 is 16.1 Å². The summed E-state index contributed by atoms with van der Waals surface area (Å²) in [6.07, 6.45) is 8.77. The smallest absolute Gasteiger partial charge is 0.135 e. The van der Waals surface area contributed by atoms with Crippen LogP contribution in [-0.2, 0) is 0 Å². The summed E-state index contributed by atoms with van der Waals surface area (Å²) in [4.78, 5) is 0. The molecule has 0 aromatic heterocycles. The average molecular weight is 538 g/mol. The van der Waals surface area contributed by atoms with Gasteiger partial charge in [0, 0.05) is 25.9 Å². The minimum atomic E-state index is -1.68. The molecule has 2 aliphatic rings. The number of hydrogen-bond donors (Lipinski definition) is 0. The molecule has 1 nitrogen and oxygen atoms in total. The van der Waals surface area contributed by atoms with Crippen molar-refractivity contribution in [2.75, 3.05) is 6.54 Å². The molecule has 4 atom stereocenters. The van der Waals surface area contributed by atoms with E-state index in [-0.39, 0.29) is 22.4 Å². The van der Waals surface area contributed by atoms with Gasteiger partial charge in [-0.3, -0.25) is 4.44 Å². The minimum absolute atomic E-state index is 0.0433. The molecule has 6 heteroatoms. The maximum atomic E-state index is 15.5. The van der Waals surface area contributed by atoms with Gasteiger partial charge in [0.05, 0.1) is 11.0 Å². The molecule has 0 radical (unpaired) electrons. The first-order valence-corrected chi connectivity index (χ1v) is 15.8. The van der Waals surface area contributed by atoms with Crippen molar-refractivity contribution in [3.05, 3.63) is 126 Å². The molecule has 2 unspecified atom stereocenters. The van der Waals surface area contributed by atoms with Crippen LogP contribution in [0.5, 0.6) is 0 Å². The average Bonchev–Trinajstić information content (AvgIpc) is 3.55. The molecular weight excluding hydrogens is 505 g/mol. The van der Waals surface area contributed by atoms with Crippen LogP contribution < -0.4 is 5.30 Å². The van der Waals surface area contributed by atoms with E-state index >= 15 is 13.2 Å². The summed E-state index contributed by atoms with van der Waals surface area (Å²) < 4.78 is 48.7. The van der Waals surface area contributed by atoms with E-state index in [4.69, 9.17) is 0 Å². The highest BCUT2D eigenvalue weighted by Crippen LogP contribution is 2.77. The van der Waals surface area contributed by atoms with Gasteiger partial charge in [-0.2, -0.15) is 0 Å². The lowest BCUT2D eigenvalue weighted by molar-refractivity contribution is 0.584. The number of nitrogens with zero attached hydrogens (tertiary/aromatic N) is 1. The van der Waals surface area contributed by atoms with Gasteiger partial charge in [-0.1, -0.05) is 92.2 Å². The summed E-state index contributed by atoms with van der Waals surface area (Å²) >= 11 is 0. The van der Waals surface area contributed by atoms with Gasteiger partial charge < -0.3 is 0 Å². The lowest BCUT2D eigenvalue weighted by atomic mass is 10.0. The first-order valence-electron chi connectivity index (χ1n) is 13.0. The van der Waals surface area contributed by atoms with Crippen LogP contribution in [0, 0.1) is 11.6 Å². The molecule has 0 N–H and O–H groups in total. The highest BCUT2D eigenvalue weighted by molar-refractivity contribution is 7.75. The van der Waals surface area contributed by atoms with Gasteiger partial charge >= 0.3 is 0 Å². The van der Waals surface area contributed by atoms with Crippen molar-refractivity contribution in [3.8, 4) is 0 Å². The molecule has 0 bridgehead atoms. The molecule has 192 valence electrons. The summed E-state index contributed by atoms with van der Waals surface area (Å²) in [5.74, 6) is -1.47. The minimum Gasteiger partial charge on any atom is -0.254 e. The highest BCUT2D eigenvalue weighted by atomic mass is 31.2. The SMILES string of the molecule is CCCCN(P(c1c(F)cccc1F)C1C=CC=C1F)P1[C@@H](c2ccccc2)CC[C@@H]1c1ccccc1. The predicted molar refractivity (Wildman–Crippen MR) is 151 cm³/mol. The zero-order valence-corrected chi connectivity index (χ0v) is 22.8. The van der Waals surface area contributed by atoms with Gasteiger partial charge in [-0.05, 0) is 56.7 Å². The maximum Gasteiger partial charge on any atom is 0.135 e. The normalized spacial score (nSPS) is 22.5. The van der Waals surface area contributed by atoms with E-state index in [1.807, 2.05) is 12.1 Å². The van der Waals surface area contributed by atoms with Crippen molar-refractivity contribution in [2.24, 2.45) is 0 Å². The Labute approximate surface area is 220 Å². The second-order valence-electron chi connectivity index (χ2n) is 9.56. The number of halogens is 3. The molecule has 1 aliphatic heterocycles. The van der Waals surface area contributed by atoms with Crippen LogP contribution in [0.25, 0.3) is 0 Å². The molecule has 1 aliphatic carbocycles. The molecule has 1 fully saturated rings. The van der Waals surface area contributed by atoms with Crippen molar-refractivity contribution >= 4 is 21.4 Å². The summed E-state index contributed by atoms with van der Waals surface area (Å²) in [5, 5.41) is 0.0433. The lowest BCUT2D eigenvalue weighted by Gasteiger charge is -2.44. The summed E-state index contributed by atoms with van der Waals surface area (Å²) in [7, 11) is -2.60. The van der Waals surface area contributed by atoms with Crippen LogP contribution in [0.3, 0.4) is 0 Å². The van der Waals surface area contributed by atoms with Gasteiger partial charge in [0.15, 0.2) is 0 Å². The Morgan fingerprint density at radius 1 is 0.811 bits per heavy atom. The second kappa shape index (κ2) is 12.1. The third-order valence-electron chi connectivity index (χ3n) is 7.21. The Hall–Kier alpha value is -2.25. The largest absolute Gasteiger partial charge is 0.254 e. The molecule has 5 rings (SSSR count). The second-order valence-corrected chi connectivity index (χ2v) is 14.5. The third kappa shape index (κ3) is 5.49. The van der Waals surface area contributed by atoms with Gasteiger partial charge in [0.1, 0.15) is 17.5 Å². The van der Waals surface area contributed by atoms with Crippen LogP contribution in [0.15, 0.2) is 103 Å². The Bertz CT molecular complexity index is 1180. The van der Waals surface area contributed by atoms with Gasteiger partial charge in [0.2, 0.25) is 0 Å². The Morgan fingerprint density at radius 2 is 1.38 bits per heavy atom. The van der Waals surface area contributed by atoms with E-state index in [2.05, 4.69) is 59.9 Å². The molecular formula is C31H32F3NP2. The van der Waals surface area contributed by atoms with Crippen LogP contribution in [0.4, 0.5) is 13.2 Å². The first kappa shape index (κ1) is 26.4. The zero-order chi connectivity index (χ0) is 25.8. The van der Waals surface area contributed by atoms with E-state index in [0.29, 0.717) is 6.54 Å². The summed E-state index contributed by atoms with van der Waals surface area (Å²) in [6, 6.07) is 25.0. The molecule has 0 spiro atoms. The van der Waals surface area contributed by atoms with E-state index in [0.717, 1.165) is 25.7 Å². The predicted octanol–water partition coefficient (Wildman–Crippen LogP) is 9.55. The van der Waals surface area contributed by atoms with Crippen molar-refractivity contribution in [3.63, 3.8) is 0 Å². The Kier molecular flexibility index (Phi) is 8.60. The molecule has 1 saturated heterocycles. The fourth-order valence-corrected chi connectivity index (χ4v) is 13.3. The van der Waals surface area contributed by atoms with Crippen LogP contribution in [0.2, 0.25) is 0 Å². The molecule has 3 aromatic rings. The first-order chi connectivity index (χ1) is 18.1. The molecule has 0 amide bonds. The monoisotopic (exact) mass is 537 g/mol. The molecule has 0 saturated carbocycles. The standard InChI is InChI=1S/C31H32F3NP2/c1-2-3-22-35(37(30-19-11-16-25(30)32)31-26(33)17-10-18-27(31)34)36-28(23-12-6-4-7-13-23)20-21-29(36)24-14-8-5-9-15-24/h4-19,28-30H,2-3,20-22H2,1H3/t28-,29-,30?,37?/m1/s1. The number of hydrogen-bond acceptors (Lipinski definition) is 1. The van der Waals surface area contributed by atoms with E-state index in [1.165, 1.54) is 35.4 Å². The van der Waals surface area contributed by atoms with E-state index in [1.54, 1.807) is 12.2 Å². The van der Waals surface area contributed by atoms with Crippen molar-refractivity contribution in [1.82, 2.24) is 4.44 Å². The van der Waals surface area contributed by atoms with Crippen molar-refractivity contribution in [2.45, 2.75) is 49.6 Å². The molecule has 37 heavy (non-hydrogen) atoms. The lowest BCUT2D eigenvalue weighted by Crippen LogP contribution is -2.30. The number of rotatable bonds is 9. The third-order valence-corrected chi connectivity index (χ3v) is 14.1.